The van der Waals surface area contributed by atoms with E-state index in [4.69, 9.17) is 18.9 Å². The molecule has 2 heterocycles. The van der Waals surface area contributed by atoms with Crippen molar-refractivity contribution in [3.63, 3.8) is 0 Å². The molecule has 0 unspecified atom stereocenters. The number of ether oxygens (including phenoxy) is 4. The summed E-state index contributed by atoms with van der Waals surface area (Å²) in [7, 11) is 1.48. The molecule has 0 radical (unpaired) electrons. The Morgan fingerprint density at radius 2 is 2.00 bits per heavy atom. The molecule has 0 aromatic rings. The van der Waals surface area contributed by atoms with Crippen molar-refractivity contribution in [2.45, 2.75) is 76.7 Å². The van der Waals surface area contributed by atoms with Crippen LogP contribution < -0.4 is 0 Å². The molecule has 0 aromatic carbocycles. The van der Waals surface area contributed by atoms with Crippen LogP contribution in [0.1, 0.15) is 47.5 Å². The maximum atomic E-state index is 13.1. The molecule has 7 nitrogen and oxygen atoms in total. The number of fused-ring (bicyclic) bond motifs is 1. The second-order valence-corrected chi connectivity index (χ2v) is 10.1. The lowest BCUT2D eigenvalue weighted by Gasteiger charge is -2.64. The summed E-state index contributed by atoms with van der Waals surface area (Å²) in [4.78, 5) is 13.1. The van der Waals surface area contributed by atoms with Crippen LogP contribution in [0.5, 0.6) is 0 Å². The Hall–Kier alpha value is -0.990. The van der Waals surface area contributed by atoms with Gasteiger partial charge < -0.3 is 29.2 Å². The molecule has 7 atom stereocenters. The van der Waals surface area contributed by atoms with Gasteiger partial charge in [0.25, 0.3) is 0 Å². The van der Waals surface area contributed by atoms with Crippen molar-refractivity contribution in [1.29, 1.82) is 0 Å². The molecule has 3 aliphatic rings. The van der Waals surface area contributed by atoms with E-state index >= 15 is 0 Å². The summed E-state index contributed by atoms with van der Waals surface area (Å²) in [5, 5.41) is 20.7. The summed E-state index contributed by atoms with van der Waals surface area (Å²) in [6.45, 7) is 13.7. The smallest absolute Gasteiger partial charge is 0.312 e. The average Bonchev–Trinajstić information content (AvgIpc) is 3.08. The summed E-state index contributed by atoms with van der Waals surface area (Å²) in [5.74, 6) is -2.33. The molecular weight excluding hydrogens is 376 g/mol. The maximum absolute atomic E-state index is 13.1. The Morgan fingerprint density at radius 3 is 2.45 bits per heavy atom. The van der Waals surface area contributed by atoms with Gasteiger partial charge in [-0.2, -0.15) is 0 Å². The minimum absolute atomic E-state index is 0.00503. The molecule has 0 spiro atoms. The Labute approximate surface area is 173 Å². The highest BCUT2D eigenvalue weighted by atomic mass is 16.8. The summed E-state index contributed by atoms with van der Waals surface area (Å²) < 4.78 is 24.0. The topological polar surface area (TPSA) is 94.5 Å². The molecule has 0 amide bonds. The number of carbonyl (C=O) groups excluding carboxylic acids is 1. The minimum atomic E-state index is -1.06. The highest BCUT2D eigenvalue weighted by Gasteiger charge is 2.81. The van der Waals surface area contributed by atoms with Crippen molar-refractivity contribution in [2.75, 3.05) is 20.3 Å². The summed E-state index contributed by atoms with van der Waals surface area (Å²) >= 11 is 0. The molecule has 2 aliphatic heterocycles. The standard InChI is InChI=1S/C22H36O7/c1-8-15(26-7)17(24)16-14-10-19(3,4)22(14,28-18(16)25)21(9-13(2)11-23)12-27-20(5,6)29-21/h8,13-17,23-24H,1,9-12H2,2-7H3/t13-,14-,15-,16+,17+,21-,22+/m0/s1. The van der Waals surface area contributed by atoms with Gasteiger partial charge in [-0.1, -0.05) is 26.8 Å². The third-order valence-electron chi connectivity index (χ3n) is 7.19. The molecule has 7 heteroatoms. The first-order valence-corrected chi connectivity index (χ1v) is 10.4. The van der Waals surface area contributed by atoms with Crippen LogP contribution in [0.2, 0.25) is 0 Å². The van der Waals surface area contributed by atoms with Gasteiger partial charge in [-0.15, -0.1) is 6.58 Å². The first-order chi connectivity index (χ1) is 13.4. The average molecular weight is 413 g/mol. The van der Waals surface area contributed by atoms with Crippen molar-refractivity contribution in [3.05, 3.63) is 12.7 Å². The van der Waals surface area contributed by atoms with Gasteiger partial charge in [-0.25, -0.2) is 0 Å². The first-order valence-electron chi connectivity index (χ1n) is 10.4. The van der Waals surface area contributed by atoms with Gasteiger partial charge in [0.05, 0.1) is 18.6 Å². The zero-order valence-electron chi connectivity index (χ0n) is 18.4. The van der Waals surface area contributed by atoms with Gasteiger partial charge in [-0.3, -0.25) is 4.79 Å². The fourth-order valence-electron chi connectivity index (χ4n) is 6.09. The Bertz CT molecular complexity index is 660. The Balaban J connectivity index is 2.06. The van der Waals surface area contributed by atoms with E-state index in [0.717, 1.165) is 0 Å². The van der Waals surface area contributed by atoms with Crippen LogP contribution in [0.25, 0.3) is 0 Å². The van der Waals surface area contributed by atoms with E-state index in [1.165, 1.54) is 13.2 Å². The predicted octanol–water partition coefficient (Wildman–Crippen LogP) is 2.05. The quantitative estimate of drug-likeness (QED) is 0.465. The van der Waals surface area contributed by atoms with Crippen LogP contribution in [0.15, 0.2) is 12.7 Å². The van der Waals surface area contributed by atoms with Crippen LogP contribution in [-0.4, -0.2) is 65.7 Å². The molecule has 2 saturated heterocycles. The van der Waals surface area contributed by atoms with Crippen LogP contribution in [0, 0.1) is 23.2 Å². The van der Waals surface area contributed by atoms with E-state index in [2.05, 4.69) is 20.4 Å². The van der Waals surface area contributed by atoms with Crippen LogP contribution >= 0.6 is 0 Å². The van der Waals surface area contributed by atoms with E-state index < -0.39 is 41.1 Å². The van der Waals surface area contributed by atoms with Gasteiger partial charge in [0, 0.05) is 25.0 Å². The lowest BCUT2D eigenvalue weighted by Crippen LogP contribution is -2.75. The second kappa shape index (κ2) is 7.31. The van der Waals surface area contributed by atoms with E-state index in [-0.39, 0.29) is 30.5 Å². The maximum Gasteiger partial charge on any atom is 0.312 e. The highest BCUT2D eigenvalue weighted by molar-refractivity contribution is 5.78. The monoisotopic (exact) mass is 412 g/mol. The van der Waals surface area contributed by atoms with Gasteiger partial charge in [0.1, 0.15) is 11.7 Å². The van der Waals surface area contributed by atoms with E-state index in [9.17, 15) is 15.0 Å². The zero-order valence-corrected chi connectivity index (χ0v) is 18.4. The van der Waals surface area contributed by atoms with Crippen LogP contribution in [0.4, 0.5) is 0 Å². The number of aliphatic hydroxyl groups excluding tert-OH is 2. The van der Waals surface area contributed by atoms with Gasteiger partial charge in [0.2, 0.25) is 0 Å². The predicted molar refractivity (Wildman–Crippen MR) is 106 cm³/mol. The highest BCUT2D eigenvalue weighted by Crippen LogP contribution is 2.70. The Kier molecular flexibility index (Phi) is 5.72. The summed E-state index contributed by atoms with van der Waals surface area (Å²) in [6, 6.07) is 0. The molecule has 1 aliphatic carbocycles. The summed E-state index contributed by atoms with van der Waals surface area (Å²) in [5.41, 5.74) is -2.25. The largest absolute Gasteiger partial charge is 0.455 e. The van der Waals surface area contributed by atoms with Gasteiger partial charge >= 0.3 is 5.97 Å². The third kappa shape index (κ3) is 3.17. The second-order valence-electron chi connectivity index (χ2n) is 10.1. The number of aliphatic hydroxyl groups is 2. The van der Waals surface area contributed by atoms with Crippen molar-refractivity contribution in [3.8, 4) is 0 Å². The van der Waals surface area contributed by atoms with Gasteiger partial charge in [-0.05, 0) is 32.6 Å². The summed E-state index contributed by atoms with van der Waals surface area (Å²) in [6.07, 6.45) is 0.960. The van der Waals surface area contributed by atoms with E-state index in [1.54, 1.807) is 0 Å². The van der Waals surface area contributed by atoms with Crippen molar-refractivity contribution < 1.29 is 34.0 Å². The zero-order chi connectivity index (χ0) is 21.8. The number of rotatable bonds is 8. The molecule has 29 heavy (non-hydrogen) atoms. The number of hydrogen-bond acceptors (Lipinski definition) is 7. The molecular formula is C22H36O7. The molecule has 166 valence electrons. The van der Waals surface area contributed by atoms with Crippen LogP contribution in [0.3, 0.4) is 0 Å². The van der Waals surface area contributed by atoms with Crippen molar-refractivity contribution in [2.24, 2.45) is 23.2 Å². The molecule has 1 saturated carbocycles. The van der Waals surface area contributed by atoms with E-state index in [0.29, 0.717) is 12.8 Å². The normalized spacial score (nSPS) is 40.5. The third-order valence-corrected chi connectivity index (χ3v) is 7.19. The molecule has 0 bridgehead atoms. The molecule has 3 rings (SSSR count). The van der Waals surface area contributed by atoms with E-state index in [1.807, 2.05) is 20.8 Å². The van der Waals surface area contributed by atoms with Gasteiger partial charge in [0.15, 0.2) is 11.4 Å². The van der Waals surface area contributed by atoms with Crippen molar-refractivity contribution >= 4 is 5.97 Å². The number of esters is 1. The Morgan fingerprint density at radius 1 is 1.34 bits per heavy atom. The lowest BCUT2D eigenvalue weighted by atomic mass is 9.44. The number of carbonyl (C=O) groups is 1. The molecule has 3 fully saturated rings. The first kappa shape index (κ1) is 22.7. The van der Waals surface area contributed by atoms with Crippen molar-refractivity contribution in [1.82, 2.24) is 0 Å². The number of hydrogen-bond donors (Lipinski definition) is 2. The van der Waals surface area contributed by atoms with Crippen LogP contribution in [-0.2, 0) is 23.7 Å². The fourth-order valence-corrected chi connectivity index (χ4v) is 6.09. The SMILES string of the molecule is C=C[C@H](OC)[C@@H](O)[C@@H]1C(=O)O[C@]2([C@]3(C[C@H](C)CO)COC(C)(C)O3)[C@H]1CC2(C)C. The number of methoxy groups -OCH3 is 1. The minimum Gasteiger partial charge on any atom is -0.455 e. The molecule has 2 N–H and O–H groups in total. The fraction of sp³-hybridized carbons (Fsp3) is 0.864. The molecule has 0 aromatic heterocycles. The lowest BCUT2D eigenvalue weighted by molar-refractivity contribution is -0.302.